The van der Waals surface area contributed by atoms with Crippen molar-refractivity contribution < 1.29 is 20.4 Å². The van der Waals surface area contributed by atoms with E-state index < -0.39 is 0 Å². The summed E-state index contributed by atoms with van der Waals surface area (Å²) in [7, 11) is 0. The molecule has 0 saturated heterocycles. The summed E-state index contributed by atoms with van der Waals surface area (Å²) >= 11 is 0. The zero-order chi connectivity index (χ0) is 8.85. The van der Waals surface area contributed by atoms with Gasteiger partial charge in [0.25, 0.3) is 0 Å². The second kappa shape index (κ2) is 7.08. The van der Waals surface area contributed by atoms with Crippen molar-refractivity contribution in [1.29, 1.82) is 0 Å². The Balaban J connectivity index is 0. The van der Waals surface area contributed by atoms with Crippen LogP contribution in [0.1, 0.15) is 19.4 Å². The van der Waals surface area contributed by atoms with Gasteiger partial charge in [-0.25, -0.2) is 0 Å². The van der Waals surface area contributed by atoms with Crippen molar-refractivity contribution in [1.82, 2.24) is 4.68 Å². The Labute approximate surface area is 86.2 Å². The van der Waals surface area contributed by atoms with E-state index in [1.54, 1.807) is 6.07 Å². The Morgan fingerprint density at radius 1 is 1.33 bits per heavy atom. The average molecular weight is 339 g/mol. The van der Waals surface area contributed by atoms with Crippen LogP contribution < -0.4 is 5.56 Å². The summed E-state index contributed by atoms with van der Waals surface area (Å²) in [5.41, 5.74) is 0.630. The molecule has 0 saturated carbocycles. The predicted octanol–water partition coefficient (Wildman–Crippen LogP) is 2.00. The molecule has 0 atom stereocenters. The van der Waals surface area contributed by atoms with Gasteiger partial charge >= 0.3 is 0 Å². The van der Waals surface area contributed by atoms with Crippen molar-refractivity contribution >= 4 is 0 Å². The molecule has 1 aromatic rings. The minimum Gasteiger partial charge on any atom is -0.629 e. The van der Waals surface area contributed by atoms with E-state index in [9.17, 15) is 4.79 Å². The molecule has 1 heterocycles. The van der Waals surface area contributed by atoms with Crippen molar-refractivity contribution in [3.8, 4) is 0 Å². The molecule has 1 rings (SSSR count). The number of hydrogen-bond acceptors (Lipinski definition) is 1. The van der Waals surface area contributed by atoms with Gasteiger partial charge in [-0.2, -0.15) is 0 Å². The Kier molecular flexibility index (Phi) is 8.24. The summed E-state index contributed by atoms with van der Waals surface area (Å²) in [5, 5.41) is 0. The van der Waals surface area contributed by atoms with Gasteiger partial charge in [-0.1, -0.05) is 19.9 Å². The van der Waals surface area contributed by atoms with Crippen LogP contribution in [0.15, 0.2) is 23.1 Å². The molecule has 0 bridgehead atoms. The van der Waals surface area contributed by atoms with Crippen LogP contribution in [0, 0.1) is 6.92 Å². The van der Waals surface area contributed by atoms with Crippen LogP contribution in [-0.4, -0.2) is 4.68 Å². The first kappa shape index (κ1) is 14.0. The summed E-state index contributed by atoms with van der Waals surface area (Å²) < 4.78 is 0.815. The van der Waals surface area contributed by atoms with Gasteiger partial charge in [0.05, 0.1) is 0 Å². The normalized spacial score (nSPS) is 7.58. The van der Waals surface area contributed by atoms with Gasteiger partial charge in [-0.15, -0.1) is 0 Å². The molecule has 1 N–H and O–H groups in total. The van der Waals surface area contributed by atoms with Gasteiger partial charge in [0.2, 0.25) is 5.56 Å². The maximum atomic E-state index is 10.5. The molecular weight excluding hydrogens is 326 g/mol. The van der Waals surface area contributed by atoms with Crippen LogP contribution >= 0.6 is 0 Å². The van der Waals surface area contributed by atoms with E-state index in [0.29, 0.717) is 0 Å². The first-order valence-corrected chi connectivity index (χ1v) is 3.61. The smallest absolute Gasteiger partial charge is 0.236 e. The fourth-order valence-electron chi connectivity index (χ4n) is 0.593. The summed E-state index contributed by atoms with van der Waals surface area (Å²) in [6.45, 7) is 5.84. The standard InChI is InChI=1S/C6H7N2O.C2H6.Re/c1-5-2-3-6(9)8(7)4-5;1-2;/h2-4,7H,1H3;1-2H3;/q-1;;. The molecule has 0 aliphatic carbocycles. The fraction of sp³-hybridized carbons (Fsp3) is 0.375. The zero-order valence-corrected chi connectivity index (χ0v) is 10.2. The molecule has 69 valence electrons. The number of pyridine rings is 1. The Bertz CT molecular complexity index is 270. The fourth-order valence-corrected chi connectivity index (χ4v) is 0.593. The Hall–Kier alpha value is -0.588. The Morgan fingerprint density at radius 3 is 2.17 bits per heavy atom. The van der Waals surface area contributed by atoms with Crippen molar-refractivity contribution in [3.05, 3.63) is 40.1 Å². The quantitative estimate of drug-likeness (QED) is 0.713. The van der Waals surface area contributed by atoms with Gasteiger partial charge in [0, 0.05) is 26.5 Å². The van der Waals surface area contributed by atoms with E-state index in [2.05, 4.69) is 0 Å². The van der Waals surface area contributed by atoms with Crippen molar-refractivity contribution in [2.45, 2.75) is 20.8 Å². The molecule has 3 nitrogen and oxygen atoms in total. The van der Waals surface area contributed by atoms with Crippen LogP contribution in [0.5, 0.6) is 0 Å². The molecule has 0 aliphatic rings. The number of nitrogens with one attached hydrogen (secondary N) is 1. The van der Waals surface area contributed by atoms with E-state index >= 15 is 0 Å². The monoisotopic (exact) mass is 340 g/mol. The van der Waals surface area contributed by atoms with Crippen LogP contribution in [-0.2, 0) is 20.4 Å². The summed E-state index contributed by atoms with van der Waals surface area (Å²) in [6, 6.07) is 3.07. The van der Waals surface area contributed by atoms with Crippen molar-refractivity contribution in [2.75, 3.05) is 0 Å². The van der Waals surface area contributed by atoms with Gasteiger partial charge in [0.15, 0.2) is 0 Å². The topological polar surface area (TPSA) is 45.8 Å². The maximum absolute atomic E-state index is 10.5. The molecule has 0 aromatic carbocycles. The second-order valence-electron chi connectivity index (χ2n) is 1.91. The van der Waals surface area contributed by atoms with Crippen molar-refractivity contribution in [3.63, 3.8) is 0 Å². The Morgan fingerprint density at radius 2 is 1.83 bits per heavy atom. The molecule has 0 spiro atoms. The van der Waals surface area contributed by atoms with Gasteiger partial charge in [-0.3, -0.25) is 4.79 Å². The molecule has 1 aromatic heterocycles. The number of aryl methyl sites for hydroxylation is 1. The largest absolute Gasteiger partial charge is 0.629 e. The van der Waals surface area contributed by atoms with Gasteiger partial charge in [0.1, 0.15) is 0 Å². The first-order valence-electron chi connectivity index (χ1n) is 3.61. The van der Waals surface area contributed by atoms with E-state index in [0.717, 1.165) is 10.2 Å². The van der Waals surface area contributed by atoms with Gasteiger partial charge < -0.3 is 10.5 Å². The van der Waals surface area contributed by atoms with Crippen LogP contribution in [0.25, 0.3) is 5.84 Å². The molecule has 12 heavy (non-hydrogen) atoms. The third-order valence-corrected chi connectivity index (χ3v) is 1.06. The SMILES string of the molecule is CC.Cc1ccc(=O)n([NH-])c1.[Re]. The summed E-state index contributed by atoms with van der Waals surface area (Å²) in [6.07, 6.45) is 1.47. The molecule has 4 heteroatoms. The summed E-state index contributed by atoms with van der Waals surface area (Å²) in [5.74, 6) is 6.96. The van der Waals surface area contributed by atoms with Crippen molar-refractivity contribution in [2.24, 2.45) is 0 Å². The molecular formula is C8H13N2ORe-. The molecule has 1 radical (unpaired) electrons. The van der Waals surface area contributed by atoms with Crippen LogP contribution in [0.3, 0.4) is 0 Å². The van der Waals surface area contributed by atoms with Crippen LogP contribution in [0.2, 0.25) is 0 Å². The first-order chi connectivity index (χ1) is 5.20. The summed E-state index contributed by atoms with van der Waals surface area (Å²) in [4.78, 5) is 10.5. The number of aromatic nitrogens is 1. The van der Waals surface area contributed by atoms with E-state index in [4.69, 9.17) is 5.84 Å². The number of rotatable bonds is 0. The van der Waals surface area contributed by atoms with E-state index in [-0.39, 0.29) is 26.0 Å². The third-order valence-electron chi connectivity index (χ3n) is 1.06. The zero-order valence-electron chi connectivity index (χ0n) is 7.47. The molecule has 0 fully saturated rings. The minimum absolute atomic E-state index is 0. The number of nitrogens with zero attached hydrogens (tertiary/aromatic N) is 1. The molecule has 0 amide bonds. The van der Waals surface area contributed by atoms with Gasteiger partial charge in [-0.05, 0) is 18.7 Å². The average Bonchev–Trinajstić information content (AvgIpc) is 2.02. The van der Waals surface area contributed by atoms with E-state index in [1.165, 1.54) is 12.3 Å². The second-order valence-corrected chi connectivity index (χ2v) is 1.91. The van der Waals surface area contributed by atoms with Crippen LogP contribution in [0.4, 0.5) is 0 Å². The van der Waals surface area contributed by atoms with E-state index in [1.807, 2.05) is 20.8 Å². The number of hydrogen-bond donors (Lipinski definition) is 0. The third kappa shape index (κ3) is 4.32. The minimum atomic E-state index is -0.291. The molecule has 0 aliphatic heterocycles. The molecule has 0 unspecified atom stereocenters. The predicted molar refractivity (Wildman–Crippen MR) is 46.5 cm³/mol. The maximum Gasteiger partial charge on any atom is 0.236 e.